The molecule has 0 aromatic heterocycles. The van der Waals surface area contributed by atoms with Crippen LogP contribution in [0.25, 0.3) is 0 Å². The number of phenols is 1. The number of benzene rings is 2. The van der Waals surface area contributed by atoms with Crippen molar-refractivity contribution in [2.24, 2.45) is 5.41 Å². The van der Waals surface area contributed by atoms with Gasteiger partial charge in [0.25, 0.3) is 0 Å². The van der Waals surface area contributed by atoms with Gasteiger partial charge in [-0.2, -0.15) is 0 Å². The van der Waals surface area contributed by atoms with Crippen LogP contribution >= 0.6 is 11.6 Å². The van der Waals surface area contributed by atoms with Crippen molar-refractivity contribution in [1.29, 1.82) is 0 Å². The fourth-order valence-electron chi connectivity index (χ4n) is 3.34. The van der Waals surface area contributed by atoms with Crippen molar-refractivity contribution >= 4 is 28.9 Å². The molecule has 1 unspecified atom stereocenters. The van der Waals surface area contributed by atoms with E-state index in [-0.39, 0.29) is 17.8 Å². The minimum atomic E-state index is -0.574. The van der Waals surface area contributed by atoms with Crippen LogP contribution in [0.3, 0.4) is 0 Å². The number of carbonyl (C=O) groups is 1. The van der Waals surface area contributed by atoms with Crippen molar-refractivity contribution in [3.8, 4) is 17.2 Å². The van der Waals surface area contributed by atoms with E-state index in [9.17, 15) is 9.90 Å². The molecule has 1 atom stereocenters. The average Bonchev–Trinajstić information content (AvgIpc) is 3.17. The second-order valence-electron chi connectivity index (χ2n) is 8.79. The summed E-state index contributed by atoms with van der Waals surface area (Å²) in [6.07, 6.45) is 1.62. The van der Waals surface area contributed by atoms with Crippen LogP contribution in [0, 0.1) is 5.41 Å². The summed E-state index contributed by atoms with van der Waals surface area (Å²) in [5.74, 6) is 1.20. The van der Waals surface area contributed by atoms with Crippen LogP contribution in [-0.4, -0.2) is 36.8 Å². The van der Waals surface area contributed by atoms with Crippen LogP contribution in [0.4, 0.5) is 11.4 Å². The summed E-state index contributed by atoms with van der Waals surface area (Å²) in [5.41, 5.74) is 0.387. The second kappa shape index (κ2) is 9.69. The molecule has 3 rings (SSSR count). The highest BCUT2D eigenvalue weighted by Gasteiger charge is 2.30. The van der Waals surface area contributed by atoms with Gasteiger partial charge < -0.3 is 24.8 Å². The van der Waals surface area contributed by atoms with Gasteiger partial charge in [0.1, 0.15) is 23.3 Å². The fraction of sp³-hybridized carbons (Fsp3) is 0.458. The predicted molar refractivity (Wildman–Crippen MR) is 125 cm³/mol. The summed E-state index contributed by atoms with van der Waals surface area (Å²) < 4.78 is 12.0. The monoisotopic (exact) mass is 446 g/mol. The molecular weight excluding hydrogens is 416 g/mol. The Morgan fingerprint density at radius 3 is 2.58 bits per heavy atom. The van der Waals surface area contributed by atoms with E-state index in [1.165, 1.54) is 0 Å². The maximum atomic E-state index is 12.5. The van der Waals surface area contributed by atoms with Gasteiger partial charge in [-0.25, -0.2) is 0 Å². The molecule has 1 fully saturated rings. The third-order valence-electron chi connectivity index (χ3n) is 5.08. The van der Waals surface area contributed by atoms with Crippen LogP contribution in [0.15, 0.2) is 36.4 Å². The van der Waals surface area contributed by atoms with E-state index in [0.29, 0.717) is 41.8 Å². The van der Waals surface area contributed by atoms with Gasteiger partial charge >= 0.3 is 0 Å². The Bertz CT molecular complexity index is 909. The number of ether oxygens (including phenoxy) is 2. The third-order valence-corrected chi connectivity index (χ3v) is 5.33. The van der Waals surface area contributed by atoms with Crippen LogP contribution < -0.4 is 19.7 Å². The zero-order valence-electron chi connectivity index (χ0n) is 18.6. The number of halogens is 1. The maximum absolute atomic E-state index is 12.5. The van der Waals surface area contributed by atoms with E-state index in [0.717, 1.165) is 18.6 Å². The van der Waals surface area contributed by atoms with E-state index >= 15 is 0 Å². The van der Waals surface area contributed by atoms with Gasteiger partial charge in [-0.05, 0) is 42.8 Å². The first-order valence-corrected chi connectivity index (χ1v) is 11.0. The number of carbonyl (C=O) groups excluding carboxylic acids is 1. The Labute approximate surface area is 189 Å². The zero-order valence-corrected chi connectivity index (χ0v) is 19.3. The highest BCUT2D eigenvalue weighted by molar-refractivity contribution is 6.30. The summed E-state index contributed by atoms with van der Waals surface area (Å²) >= 11 is 5.95. The highest BCUT2D eigenvalue weighted by atomic mass is 35.5. The standard InChI is InChI=1S/C24H31ClN2O4/c1-5-14-30-20-11-10-19(26-23(29)24(2,3)4)22(28)21(20)27-13-12-18(15-27)31-17-8-6-16(25)7-9-17/h6-11,18,28H,5,12-15H2,1-4H3,(H,26,29). The summed E-state index contributed by atoms with van der Waals surface area (Å²) in [4.78, 5) is 14.5. The number of anilines is 2. The van der Waals surface area contributed by atoms with Crippen molar-refractivity contribution in [3.63, 3.8) is 0 Å². The van der Waals surface area contributed by atoms with E-state index in [1.807, 2.05) is 44.7 Å². The van der Waals surface area contributed by atoms with Gasteiger partial charge in [-0.1, -0.05) is 39.3 Å². The molecule has 0 saturated carbocycles. The van der Waals surface area contributed by atoms with Gasteiger partial charge in [0.2, 0.25) is 5.91 Å². The first-order valence-electron chi connectivity index (χ1n) is 10.7. The van der Waals surface area contributed by atoms with Crippen LogP contribution in [-0.2, 0) is 4.79 Å². The molecule has 1 heterocycles. The molecule has 0 aliphatic carbocycles. The highest BCUT2D eigenvalue weighted by Crippen LogP contribution is 2.44. The lowest BCUT2D eigenvalue weighted by molar-refractivity contribution is -0.123. The van der Waals surface area contributed by atoms with E-state index in [4.69, 9.17) is 21.1 Å². The van der Waals surface area contributed by atoms with Crippen LogP contribution in [0.5, 0.6) is 17.2 Å². The number of rotatable bonds is 7. The number of nitrogens with one attached hydrogen (secondary N) is 1. The molecule has 7 heteroatoms. The average molecular weight is 447 g/mol. The molecule has 6 nitrogen and oxygen atoms in total. The molecular formula is C24H31ClN2O4. The number of hydrogen-bond donors (Lipinski definition) is 2. The van der Waals surface area contributed by atoms with Gasteiger partial charge in [-0.3, -0.25) is 4.79 Å². The molecule has 1 saturated heterocycles. The second-order valence-corrected chi connectivity index (χ2v) is 9.23. The molecule has 0 radical (unpaired) electrons. The molecule has 31 heavy (non-hydrogen) atoms. The minimum absolute atomic E-state index is 0.0124. The first-order chi connectivity index (χ1) is 14.7. The molecule has 1 amide bonds. The minimum Gasteiger partial charge on any atom is -0.504 e. The number of nitrogens with zero attached hydrogens (tertiary/aromatic N) is 1. The Balaban J connectivity index is 1.82. The van der Waals surface area contributed by atoms with Gasteiger partial charge in [0.15, 0.2) is 5.75 Å². The zero-order chi connectivity index (χ0) is 22.6. The lowest BCUT2D eigenvalue weighted by Crippen LogP contribution is -2.28. The maximum Gasteiger partial charge on any atom is 0.229 e. The smallest absolute Gasteiger partial charge is 0.229 e. The van der Waals surface area contributed by atoms with Crippen molar-refractivity contribution in [3.05, 3.63) is 41.4 Å². The Morgan fingerprint density at radius 2 is 1.94 bits per heavy atom. The fourth-order valence-corrected chi connectivity index (χ4v) is 3.47. The van der Waals surface area contributed by atoms with Gasteiger partial charge in [0.05, 0.1) is 18.8 Å². The summed E-state index contributed by atoms with van der Waals surface area (Å²) in [6.45, 7) is 9.36. The van der Waals surface area contributed by atoms with Crippen LogP contribution in [0.1, 0.15) is 40.5 Å². The number of phenolic OH excluding ortho intramolecular Hbond substituents is 1. The summed E-state index contributed by atoms with van der Waals surface area (Å²) in [7, 11) is 0. The molecule has 168 valence electrons. The molecule has 1 aliphatic rings. The van der Waals surface area contributed by atoms with Crippen LogP contribution in [0.2, 0.25) is 5.02 Å². The van der Waals surface area contributed by atoms with Gasteiger partial charge in [-0.15, -0.1) is 0 Å². The summed E-state index contributed by atoms with van der Waals surface area (Å²) in [5, 5.41) is 14.6. The third kappa shape index (κ3) is 5.76. The number of aromatic hydroxyl groups is 1. The largest absolute Gasteiger partial charge is 0.504 e. The lowest BCUT2D eigenvalue weighted by Gasteiger charge is -2.25. The normalized spacial score (nSPS) is 16.3. The molecule has 2 aromatic rings. The molecule has 0 spiro atoms. The number of amides is 1. The molecule has 2 N–H and O–H groups in total. The van der Waals surface area contributed by atoms with E-state index in [2.05, 4.69) is 5.32 Å². The SMILES string of the molecule is CCCOc1ccc(NC(=O)C(C)(C)C)c(O)c1N1CCC(Oc2ccc(Cl)cc2)C1. The number of hydrogen-bond acceptors (Lipinski definition) is 5. The molecule has 1 aliphatic heterocycles. The van der Waals surface area contributed by atoms with Crippen molar-refractivity contribution in [2.45, 2.75) is 46.6 Å². The molecule has 0 bridgehead atoms. The Kier molecular flexibility index (Phi) is 7.21. The van der Waals surface area contributed by atoms with Crippen molar-refractivity contribution in [2.75, 3.05) is 29.9 Å². The first kappa shape index (κ1) is 23.1. The topological polar surface area (TPSA) is 71.0 Å². The van der Waals surface area contributed by atoms with Gasteiger partial charge in [0, 0.05) is 23.4 Å². The van der Waals surface area contributed by atoms with E-state index < -0.39 is 5.41 Å². The Morgan fingerprint density at radius 1 is 1.23 bits per heavy atom. The van der Waals surface area contributed by atoms with Crippen molar-refractivity contribution in [1.82, 2.24) is 0 Å². The Hall–Kier alpha value is -2.60. The molecule has 2 aromatic carbocycles. The lowest BCUT2D eigenvalue weighted by atomic mass is 9.95. The van der Waals surface area contributed by atoms with E-state index in [1.54, 1.807) is 24.3 Å². The quantitative estimate of drug-likeness (QED) is 0.551. The van der Waals surface area contributed by atoms with Crippen molar-refractivity contribution < 1.29 is 19.4 Å². The summed E-state index contributed by atoms with van der Waals surface area (Å²) in [6, 6.07) is 10.8. The predicted octanol–water partition coefficient (Wildman–Crippen LogP) is 5.48.